The van der Waals surface area contributed by atoms with Crippen molar-refractivity contribution in [2.45, 2.75) is 43.9 Å². The van der Waals surface area contributed by atoms with Gasteiger partial charge in [-0.05, 0) is 26.2 Å². The zero-order valence-corrected chi connectivity index (χ0v) is 10.6. The molecule has 0 bridgehead atoms. The van der Waals surface area contributed by atoms with Gasteiger partial charge in [-0.1, -0.05) is 0 Å². The van der Waals surface area contributed by atoms with Crippen LogP contribution in [0.4, 0.5) is 0 Å². The van der Waals surface area contributed by atoms with Crippen LogP contribution in [-0.2, 0) is 9.53 Å². The molecule has 17 heavy (non-hydrogen) atoms. The number of carboxylic acids is 1. The first-order chi connectivity index (χ1) is 8.03. The van der Waals surface area contributed by atoms with Crippen LogP contribution in [-0.4, -0.2) is 60.4 Å². The average molecular weight is 242 g/mol. The number of methoxy groups -OCH3 is 1. The maximum atomic E-state index is 11.4. The maximum Gasteiger partial charge on any atom is 0.324 e. The summed E-state index contributed by atoms with van der Waals surface area (Å²) in [7, 11) is 1.72. The Morgan fingerprint density at radius 3 is 2.71 bits per heavy atom. The summed E-state index contributed by atoms with van der Waals surface area (Å²) in [6, 6.07) is 0.400. The molecule has 5 heteroatoms. The molecule has 2 fully saturated rings. The number of likely N-dealkylation sites (tertiary alicyclic amines) is 1. The fraction of sp³-hybridized carbons (Fsp3) is 0.917. The second kappa shape index (κ2) is 4.92. The van der Waals surface area contributed by atoms with Crippen LogP contribution < -0.4 is 5.32 Å². The Labute approximate surface area is 102 Å². The van der Waals surface area contributed by atoms with Crippen molar-refractivity contribution in [1.29, 1.82) is 0 Å². The van der Waals surface area contributed by atoms with Crippen molar-refractivity contribution in [1.82, 2.24) is 10.2 Å². The van der Waals surface area contributed by atoms with Gasteiger partial charge in [0.2, 0.25) is 0 Å². The first-order valence-electron chi connectivity index (χ1n) is 6.30. The van der Waals surface area contributed by atoms with E-state index in [1.807, 2.05) is 0 Å². The first kappa shape index (κ1) is 12.8. The summed E-state index contributed by atoms with van der Waals surface area (Å²) >= 11 is 0. The summed E-state index contributed by atoms with van der Waals surface area (Å²) in [5.41, 5.74) is -0.830. The van der Waals surface area contributed by atoms with Gasteiger partial charge in [-0.2, -0.15) is 0 Å². The van der Waals surface area contributed by atoms with Crippen LogP contribution in [0, 0.1) is 0 Å². The maximum absolute atomic E-state index is 11.4. The molecule has 0 aromatic heterocycles. The van der Waals surface area contributed by atoms with Crippen LogP contribution in [0.2, 0.25) is 0 Å². The summed E-state index contributed by atoms with van der Waals surface area (Å²) in [4.78, 5) is 13.6. The molecule has 1 saturated heterocycles. The quantitative estimate of drug-likeness (QED) is 0.701. The van der Waals surface area contributed by atoms with E-state index >= 15 is 0 Å². The first-order valence-corrected chi connectivity index (χ1v) is 6.30. The molecular weight excluding hydrogens is 220 g/mol. The van der Waals surface area contributed by atoms with E-state index in [2.05, 4.69) is 10.2 Å². The van der Waals surface area contributed by atoms with Gasteiger partial charge in [0, 0.05) is 32.8 Å². The minimum atomic E-state index is -0.830. The summed E-state index contributed by atoms with van der Waals surface area (Å²) in [5, 5.41) is 12.6. The Kier molecular flexibility index (Phi) is 3.70. The number of nitrogens with zero attached hydrogens (tertiary/aromatic N) is 1. The average Bonchev–Trinajstić information content (AvgIpc) is 2.95. The van der Waals surface area contributed by atoms with Crippen molar-refractivity contribution < 1.29 is 14.6 Å². The topological polar surface area (TPSA) is 61.8 Å². The molecular formula is C12H22N2O3. The van der Waals surface area contributed by atoms with Gasteiger partial charge in [0.15, 0.2) is 0 Å². The standard InChI is InChI=1S/C12H22N2O3/c1-12(11(15)16,13-9-3-4-9)8-14-6-5-10(7-14)17-2/h9-10,13H,3-8H2,1-2H3,(H,15,16). The number of nitrogens with one attached hydrogen (secondary N) is 1. The minimum Gasteiger partial charge on any atom is -0.480 e. The van der Waals surface area contributed by atoms with E-state index in [9.17, 15) is 9.90 Å². The van der Waals surface area contributed by atoms with Gasteiger partial charge in [0.25, 0.3) is 0 Å². The van der Waals surface area contributed by atoms with Crippen LogP contribution in [0.25, 0.3) is 0 Å². The lowest BCUT2D eigenvalue weighted by Crippen LogP contribution is -2.57. The number of carbonyl (C=O) groups is 1. The molecule has 2 atom stereocenters. The van der Waals surface area contributed by atoms with E-state index in [1.54, 1.807) is 14.0 Å². The highest BCUT2D eigenvalue weighted by atomic mass is 16.5. The number of carboxylic acid groups (broad SMARTS) is 1. The number of aliphatic carboxylic acids is 1. The van der Waals surface area contributed by atoms with Crippen molar-refractivity contribution in [3.63, 3.8) is 0 Å². The van der Waals surface area contributed by atoms with Crippen LogP contribution in [0.3, 0.4) is 0 Å². The van der Waals surface area contributed by atoms with E-state index in [0.717, 1.165) is 32.4 Å². The lowest BCUT2D eigenvalue weighted by Gasteiger charge is -2.31. The van der Waals surface area contributed by atoms with E-state index in [-0.39, 0.29) is 6.10 Å². The second-order valence-electron chi connectivity index (χ2n) is 5.44. The SMILES string of the molecule is COC1CCN(CC(C)(NC2CC2)C(=O)O)C1. The summed E-state index contributed by atoms with van der Waals surface area (Å²) < 4.78 is 5.30. The second-order valence-corrected chi connectivity index (χ2v) is 5.44. The number of rotatable bonds is 6. The lowest BCUT2D eigenvalue weighted by atomic mass is 10.0. The highest BCUT2D eigenvalue weighted by Gasteiger charge is 2.41. The third kappa shape index (κ3) is 3.18. The van der Waals surface area contributed by atoms with E-state index in [1.165, 1.54) is 0 Å². The van der Waals surface area contributed by atoms with Crippen LogP contribution in [0.15, 0.2) is 0 Å². The molecule has 5 nitrogen and oxygen atoms in total. The predicted octanol–water partition coefficient (Wildman–Crippen LogP) is 0.302. The van der Waals surface area contributed by atoms with Crippen LogP contribution >= 0.6 is 0 Å². The number of ether oxygens (including phenoxy) is 1. The monoisotopic (exact) mass is 242 g/mol. The molecule has 2 aliphatic rings. The summed E-state index contributed by atoms with van der Waals surface area (Å²) in [5.74, 6) is -0.759. The fourth-order valence-corrected chi connectivity index (χ4v) is 2.43. The highest BCUT2D eigenvalue weighted by Crippen LogP contribution is 2.24. The molecule has 0 radical (unpaired) electrons. The molecule has 2 unspecified atom stereocenters. The zero-order valence-electron chi connectivity index (χ0n) is 10.6. The number of hydrogen-bond donors (Lipinski definition) is 2. The van der Waals surface area contributed by atoms with Gasteiger partial charge in [-0.25, -0.2) is 0 Å². The summed E-state index contributed by atoms with van der Waals surface area (Å²) in [6.45, 7) is 4.10. The molecule has 1 aliphatic carbocycles. The Bertz CT molecular complexity index is 293. The van der Waals surface area contributed by atoms with Crippen molar-refractivity contribution in [3.8, 4) is 0 Å². The van der Waals surface area contributed by atoms with Crippen molar-refractivity contribution in [2.75, 3.05) is 26.7 Å². The zero-order chi connectivity index (χ0) is 12.5. The Balaban J connectivity index is 1.90. The molecule has 0 spiro atoms. The van der Waals surface area contributed by atoms with Gasteiger partial charge >= 0.3 is 5.97 Å². The molecule has 0 amide bonds. The Morgan fingerprint density at radius 2 is 2.24 bits per heavy atom. The van der Waals surface area contributed by atoms with Gasteiger partial charge in [-0.3, -0.25) is 15.0 Å². The largest absolute Gasteiger partial charge is 0.480 e. The van der Waals surface area contributed by atoms with Gasteiger partial charge in [0.1, 0.15) is 5.54 Å². The van der Waals surface area contributed by atoms with Crippen LogP contribution in [0.1, 0.15) is 26.2 Å². The molecule has 2 rings (SSSR count). The van der Waals surface area contributed by atoms with Gasteiger partial charge < -0.3 is 9.84 Å². The molecule has 1 saturated carbocycles. The smallest absolute Gasteiger partial charge is 0.324 e. The number of hydrogen-bond acceptors (Lipinski definition) is 4. The van der Waals surface area contributed by atoms with Crippen molar-refractivity contribution in [2.24, 2.45) is 0 Å². The predicted molar refractivity (Wildman–Crippen MR) is 64.1 cm³/mol. The third-order valence-electron chi connectivity index (χ3n) is 3.67. The minimum absolute atomic E-state index is 0.258. The molecule has 1 aliphatic heterocycles. The Morgan fingerprint density at radius 1 is 1.53 bits per heavy atom. The lowest BCUT2D eigenvalue weighted by molar-refractivity contribution is -0.145. The van der Waals surface area contributed by atoms with Crippen LogP contribution in [0.5, 0.6) is 0 Å². The molecule has 98 valence electrons. The fourth-order valence-electron chi connectivity index (χ4n) is 2.43. The van der Waals surface area contributed by atoms with E-state index in [0.29, 0.717) is 12.6 Å². The third-order valence-corrected chi connectivity index (χ3v) is 3.67. The van der Waals surface area contributed by atoms with E-state index in [4.69, 9.17) is 4.74 Å². The molecule has 1 heterocycles. The Hall–Kier alpha value is -0.650. The van der Waals surface area contributed by atoms with E-state index < -0.39 is 11.5 Å². The van der Waals surface area contributed by atoms with Crippen molar-refractivity contribution >= 4 is 5.97 Å². The summed E-state index contributed by atoms with van der Waals surface area (Å²) in [6.07, 6.45) is 3.46. The molecule has 0 aromatic carbocycles. The normalized spacial score (nSPS) is 29.2. The molecule has 2 N–H and O–H groups in total. The van der Waals surface area contributed by atoms with Crippen molar-refractivity contribution in [3.05, 3.63) is 0 Å². The van der Waals surface area contributed by atoms with Gasteiger partial charge in [-0.15, -0.1) is 0 Å². The molecule has 0 aromatic rings. The van der Waals surface area contributed by atoms with Gasteiger partial charge in [0.05, 0.1) is 6.10 Å². The highest BCUT2D eigenvalue weighted by molar-refractivity contribution is 5.78.